The van der Waals surface area contributed by atoms with Crippen LogP contribution < -0.4 is 5.32 Å². The van der Waals surface area contributed by atoms with Crippen molar-refractivity contribution < 1.29 is 4.79 Å². The summed E-state index contributed by atoms with van der Waals surface area (Å²) >= 11 is 0. The van der Waals surface area contributed by atoms with Crippen LogP contribution in [0.25, 0.3) is 0 Å². The van der Waals surface area contributed by atoms with Crippen LogP contribution in [0.15, 0.2) is 24.3 Å². The van der Waals surface area contributed by atoms with E-state index in [4.69, 9.17) is 0 Å². The average molecular weight is 275 g/mol. The summed E-state index contributed by atoms with van der Waals surface area (Å²) in [7, 11) is 6.02. The van der Waals surface area contributed by atoms with E-state index in [1.165, 1.54) is 5.56 Å². The second-order valence-electron chi connectivity index (χ2n) is 5.79. The summed E-state index contributed by atoms with van der Waals surface area (Å²) in [6.07, 6.45) is 2.21. The van der Waals surface area contributed by atoms with Crippen LogP contribution in [-0.2, 0) is 6.54 Å². The van der Waals surface area contributed by atoms with Crippen LogP contribution >= 0.6 is 0 Å². The molecule has 2 rings (SSSR count). The topological polar surface area (TPSA) is 35.6 Å². The Balaban J connectivity index is 2.12. The fourth-order valence-corrected chi connectivity index (χ4v) is 2.88. The average Bonchev–Trinajstić information content (AvgIpc) is 2.86. The molecule has 1 saturated heterocycles. The molecule has 1 N–H and O–H groups in total. The molecule has 1 aliphatic rings. The van der Waals surface area contributed by atoms with Gasteiger partial charge >= 0.3 is 0 Å². The molecule has 4 nitrogen and oxygen atoms in total. The maximum atomic E-state index is 12.7. The summed E-state index contributed by atoms with van der Waals surface area (Å²) < 4.78 is 0. The third kappa shape index (κ3) is 3.58. The third-order valence-electron chi connectivity index (χ3n) is 3.75. The van der Waals surface area contributed by atoms with Crippen LogP contribution in [0.1, 0.15) is 28.8 Å². The molecule has 1 atom stereocenters. The second-order valence-corrected chi connectivity index (χ2v) is 5.79. The summed E-state index contributed by atoms with van der Waals surface area (Å²) in [5.41, 5.74) is 2.00. The van der Waals surface area contributed by atoms with Gasteiger partial charge in [0.05, 0.1) is 0 Å². The molecule has 110 valence electrons. The molecule has 0 bridgehead atoms. The first kappa shape index (κ1) is 15.0. The Morgan fingerprint density at radius 2 is 2.25 bits per heavy atom. The molecule has 0 aromatic heterocycles. The van der Waals surface area contributed by atoms with E-state index in [-0.39, 0.29) is 5.91 Å². The van der Waals surface area contributed by atoms with E-state index in [9.17, 15) is 4.79 Å². The molecule has 1 aromatic carbocycles. The predicted octanol–water partition coefficient (Wildman–Crippen LogP) is 1.57. The Labute approximate surface area is 121 Å². The Hall–Kier alpha value is -1.39. The highest BCUT2D eigenvalue weighted by atomic mass is 16.2. The van der Waals surface area contributed by atoms with Gasteiger partial charge in [-0.05, 0) is 51.7 Å². The van der Waals surface area contributed by atoms with Crippen molar-refractivity contribution in [1.82, 2.24) is 15.1 Å². The molecule has 1 aromatic rings. The zero-order chi connectivity index (χ0) is 14.5. The van der Waals surface area contributed by atoms with Crippen molar-refractivity contribution in [2.45, 2.75) is 25.4 Å². The van der Waals surface area contributed by atoms with Crippen molar-refractivity contribution in [2.24, 2.45) is 0 Å². The van der Waals surface area contributed by atoms with Gasteiger partial charge in [-0.2, -0.15) is 0 Å². The van der Waals surface area contributed by atoms with Crippen molar-refractivity contribution in [3.05, 3.63) is 35.4 Å². The van der Waals surface area contributed by atoms with E-state index in [1.807, 2.05) is 44.2 Å². The van der Waals surface area contributed by atoms with E-state index < -0.39 is 0 Å². The maximum absolute atomic E-state index is 12.7. The molecule has 1 fully saturated rings. The monoisotopic (exact) mass is 275 g/mol. The van der Waals surface area contributed by atoms with Gasteiger partial charge in [-0.3, -0.25) is 4.79 Å². The highest BCUT2D eigenvalue weighted by Crippen LogP contribution is 2.20. The zero-order valence-corrected chi connectivity index (χ0v) is 12.7. The number of likely N-dealkylation sites (N-methyl/N-ethyl adjacent to an activating group) is 1. The fraction of sp³-hybridized carbons (Fsp3) is 0.562. The lowest BCUT2D eigenvalue weighted by atomic mass is 10.1. The number of rotatable bonds is 5. The second kappa shape index (κ2) is 6.86. The van der Waals surface area contributed by atoms with E-state index in [1.54, 1.807) is 0 Å². The number of hydrogen-bond donors (Lipinski definition) is 1. The van der Waals surface area contributed by atoms with Gasteiger partial charge in [0.1, 0.15) is 0 Å². The molecule has 20 heavy (non-hydrogen) atoms. The highest BCUT2D eigenvalue weighted by Gasteiger charge is 2.28. The normalized spacial score (nSPS) is 18.8. The minimum absolute atomic E-state index is 0.170. The van der Waals surface area contributed by atoms with Crippen LogP contribution in [0.5, 0.6) is 0 Å². The SMILES string of the molecule is CNCC1CCCN1C(=O)c1cccc(CN(C)C)c1. The van der Waals surface area contributed by atoms with Crippen LogP contribution in [-0.4, -0.2) is 56.0 Å². The quantitative estimate of drug-likeness (QED) is 0.886. The lowest BCUT2D eigenvalue weighted by Gasteiger charge is -2.25. The summed E-state index contributed by atoms with van der Waals surface area (Å²) in [5, 5.41) is 3.18. The Bertz CT molecular complexity index is 459. The number of nitrogens with one attached hydrogen (secondary N) is 1. The molecule has 1 heterocycles. The van der Waals surface area contributed by atoms with Crippen LogP contribution in [0, 0.1) is 0 Å². The van der Waals surface area contributed by atoms with Crippen molar-refractivity contribution in [3.8, 4) is 0 Å². The molecule has 0 radical (unpaired) electrons. The Kier molecular flexibility index (Phi) is 5.15. The summed E-state index contributed by atoms with van der Waals surface area (Å²) in [4.78, 5) is 16.8. The minimum atomic E-state index is 0.170. The predicted molar refractivity (Wildman–Crippen MR) is 81.8 cm³/mol. The fourth-order valence-electron chi connectivity index (χ4n) is 2.88. The van der Waals surface area contributed by atoms with E-state index in [0.29, 0.717) is 6.04 Å². The molecule has 4 heteroatoms. The standard InChI is InChI=1S/C16H25N3O/c1-17-11-15-8-5-9-19(15)16(20)14-7-4-6-13(10-14)12-18(2)3/h4,6-7,10,15,17H,5,8-9,11-12H2,1-3H3. The summed E-state index contributed by atoms with van der Waals surface area (Å²) in [6.45, 7) is 2.62. The number of carbonyl (C=O) groups is 1. The van der Waals surface area contributed by atoms with Crippen molar-refractivity contribution in [1.29, 1.82) is 0 Å². The first-order chi connectivity index (χ1) is 9.61. The molecule has 1 unspecified atom stereocenters. The molecule has 0 aliphatic carbocycles. The van der Waals surface area contributed by atoms with Gasteiger partial charge in [-0.15, -0.1) is 0 Å². The summed E-state index contributed by atoms with van der Waals surface area (Å²) in [6, 6.07) is 8.35. The van der Waals surface area contributed by atoms with E-state index in [2.05, 4.69) is 16.3 Å². The number of amides is 1. The van der Waals surface area contributed by atoms with Gasteiger partial charge < -0.3 is 15.1 Å². The molecular weight excluding hydrogens is 250 g/mol. The van der Waals surface area contributed by atoms with Gasteiger partial charge in [0.25, 0.3) is 5.91 Å². The highest BCUT2D eigenvalue weighted by molar-refractivity contribution is 5.94. The first-order valence-electron chi connectivity index (χ1n) is 7.31. The van der Waals surface area contributed by atoms with Crippen molar-refractivity contribution >= 4 is 5.91 Å². The molecule has 1 amide bonds. The largest absolute Gasteiger partial charge is 0.334 e. The number of carbonyl (C=O) groups excluding carboxylic acids is 1. The van der Waals surface area contributed by atoms with Gasteiger partial charge in [0.15, 0.2) is 0 Å². The molecule has 0 spiro atoms. The number of hydrogen-bond acceptors (Lipinski definition) is 3. The molecule has 1 aliphatic heterocycles. The third-order valence-corrected chi connectivity index (χ3v) is 3.75. The number of nitrogens with zero attached hydrogens (tertiary/aromatic N) is 2. The van der Waals surface area contributed by atoms with E-state index in [0.717, 1.165) is 38.0 Å². The first-order valence-corrected chi connectivity index (χ1v) is 7.31. The lowest BCUT2D eigenvalue weighted by molar-refractivity contribution is 0.0737. The number of benzene rings is 1. The van der Waals surface area contributed by atoms with Crippen molar-refractivity contribution in [2.75, 3.05) is 34.2 Å². The van der Waals surface area contributed by atoms with Gasteiger partial charge in [-0.1, -0.05) is 12.1 Å². The van der Waals surface area contributed by atoms with Crippen LogP contribution in [0.2, 0.25) is 0 Å². The molecular formula is C16H25N3O. The van der Waals surface area contributed by atoms with Gasteiger partial charge in [0.2, 0.25) is 0 Å². The maximum Gasteiger partial charge on any atom is 0.254 e. The Morgan fingerprint density at radius 1 is 1.45 bits per heavy atom. The van der Waals surface area contributed by atoms with Gasteiger partial charge in [-0.25, -0.2) is 0 Å². The van der Waals surface area contributed by atoms with Crippen LogP contribution in [0.3, 0.4) is 0 Å². The Morgan fingerprint density at radius 3 is 2.95 bits per heavy atom. The van der Waals surface area contributed by atoms with Crippen LogP contribution in [0.4, 0.5) is 0 Å². The van der Waals surface area contributed by atoms with E-state index >= 15 is 0 Å². The minimum Gasteiger partial charge on any atom is -0.334 e. The lowest BCUT2D eigenvalue weighted by Crippen LogP contribution is -2.40. The zero-order valence-electron chi connectivity index (χ0n) is 12.7. The smallest absolute Gasteiger partial charge is 0.254 e. The van der Waals surface area contributed by atoms with Crippen molar-refractivity contribution in [3.63, 3.8) is 0 Å². The van der Waals surface area contributed by atoms with Gasteiger partial charge in [0, 0.05) is 31.2 Å². The summed E-state index contributed by atoms with van der Waals surface area (Å²) in [5.74, 6) is 0.170. The molecule has 0 saturated carbocycles. The number of likely N-dealkylation sites (tertiary alicyclic amines) is 1.